The number of benzene rings is 1. The van der Waals surface area contributed by atoms with E-state index < -0.39 is 34.3 Å². The highest BCUT2D eigenvalue weighted by Gasteiger charge is 2.46. The van der Waals surface area contributed by atoms with Crippen LogP contribution in [-0.4, -0.2) is 84.2 Å². The van der Waals surface area contributed by atoms with Crippen molar-refractivity contribution in [2.45, 2.75) is 215 Å². The Kier molecular flexibility index (Phi) is 23.9. The van der Waals surface area contributed by atoms with Gasteiger partial charge in [-0.15, -0.1) is 11.6 Å². The van der Waals surface area contributed by atoms with E-state index in [2.05, 4.69) is 134 Å². The lowest BCUT2D eigenvalue weighted by molar-refractivity contribution is -0.153. The highest BCUT2D eigenvalue weighted by Crippen LogP contribution is 2.40. The fourth-order valence-corrected chi connectivity index (χ4v) is 8.55. The Balaban J connectivity index is 0.000000507. The topological polar surface area (TPSA) is 84.8 Å². The van der Waals surface area contributed by atoms with Crippen molar-refractivity contribution < 1.29 is 37.6 Å². The molecule has 0 radical (unpaired) electrons. The van der Waals surface area contributed by atoms with E-state index in [1.165, 1.54) is 0 Å². The van der Waals surface area contributed by atoms with Crippen molar-refractivity contribution in [2.24, 2.45) is 29.6 Å². The second kappa shape index (κ2) is 25.2. The Morgan fingerprint density at radius 1 is 0.677 bits per heavy atom. The molecule has 2 fully saturated rings. The normalized spacial score (nSPS) is 23.8. The second-order valence-corrected chi connectivity index (χ2v) is 32.3. The number of alkyl halides is 1. The molecule has 62 heavy (non-hydrogen) atoms. The third-order valence-electron chi connectivity index (χ3n) is 13.4. The minimum absolute atomic E-state index is 0.0867. The Bertz CT molecular complexity index is 1370. The van der Waals surface area contributed by atoms with Crippen molar-refractivity contribution in [3.05, 3.63) is 54.1 Å². The first-order valence-electron chi connectivity index (χ1n) is 23.4. The van der Waals surface area contributed by atoms with Crippen molar-refractivity contribution in [1.82, 2.24) is 0 Å². The van der Waals surface area contributed by atoms with E-state index in [0.29, 0.717) is 42.1 Å². The SMILES string of the molecule is CC(C)[C@H](C)/C=C\C(C)[C@H]1OC(C)(C)O[C@H]1CCO[Si](C)(C)C(C)(C)C.CC(C)[C@H](C)/C=C\C(O)[C@H]1OC(C)(C)O[C@H]1CCO[Si](C)(C)C(C)(C)C.COc1cccc(CCl)c1. The summed E-state index contributed by atoms with van der Waals surface area (Å²) in [5.74, 6) is 2.73. The zero-order valence-electron chi connectivity index (χ0n) is 43.6. The van der Waals surface area contributed by atoms with Crippen LogP contribution in [-0.2, 0) is 33.7 Å². The summed E-state index contributed by atoms with van der Waals surface area (Å²) in [7, 11) is -1.85. The summed E-state index contributed by atoms with van der Waals surface area (Å²) in [4.78, 5) is 0. The quantitative estimate of drug-likeness (QED) is 0.0885. The van der Waals surface area contributed by atoms with Gasteiger partial charge in [-0.05, 0) is 118 Å². The van der Waals surface area contributed by atoms with E-state index >= 15 is 0 Å². The highest BCUT2D eigenvalue weighted by atomic mass is 35.5. The highest BCUT2D eigenvalue weighted by molar-refractivity contribution is 6.74. The van der Waals surface area contributed by atoms with E-state index in [0.717, 1.165) is 30.8 Å². The molecule has 3 rings (SSSR count). The molecule has 2 saturated heterocycles. The Morgan fingerprint density at radius 2 is 1.10 bits per heavy atom. The molecule has 8 atom stereocenters. The average molecular weight is 928 g/mol. The van der Waals surface area contributed by atoms with E-state index in [-0.39, 0.29) is 34.5 Å². The zero-order valence-corrected chi connectivity index (χ0v) is 46.4. The number of rotatable bonds is 18. The summed E-state index contributed by atoms with van der Waals surface area (Å²) in [5, 5.41) is 11.1. The molecule has 1 aromatic rings. The van der Waals surface area contributed by atoms with Crippen molar-refractivity contribution in [3.8, 4) is 5.75 Å². The molecular weight excluding hydrogens is 832 g/mol. The molecule has 0 amide bonds. The van der Waals surface area contributed by atoms with Gasteiger partial charge in [-0.2, -0.15) is 0 Å². The standard InChI is InChI=1S/C22H44O3Si.C21H42O4Si.C8H9ClO/c1-16(2)17(3)12-13-18(4)20-19(24-22(8,9)25-20)14-15-23-26(10,11)21(5,6)7;1-15(2)16(3)11-12-17(22)19-18(24-21(7,8)25-19)13-14-23-26(9,10)20(4,5)6;1-10-8-4-2-3-7(5-8)6-9/h12-13,16-20H,14-15H2,1-11H3;11-12,15-19,22H,13-14H2,1-10H3;2-5H,6H2,1H3/b13-12-;12-11-;/t17-,18?,19+,20-;16-,17?,18+,19-;/m11./s1. The summed E-state index contributed by atoms with van der Waals surface area (Å²) in [6.45, 7) is 47.5. The molecule has 1 N–H and O–H groups in total. The van der Waals surface area contributed by atoms with Crippen LogP contribution in [0.1, 0.15) is 136 Å². The minimum Gasteiger partial charge on any atom is -0.497 e. The van der Waals surface area contributed by atoms with E-state index in [4.69, 9.17) is 44.1 Å². The first-order chi connectivity index (χ1) is 28.2. The summed E-state index contributed by atoms with van der Waals surface area (Å²) in [6, 6.07) is 7.72. The van der Waals surface area contributed by atoms with Crippen LogP contribution in [0, 0.1) is 29.6 Å². The molecule has 0 bridgehead atoms. The number of hydrogen-bond donors (Lipinski definition) is 1. The summed E-state index contributed by atoms with van der Waals surface area (Å²) in [5.41, 5.74) is 1.08. The van der Waals surface area contributed by atoms with Crippen LogP contribution in [0.15, 0.2) is 48.6 Å². The molecule has 1 aromatic carbocycles. The number of allylic oxidation sites excluding steroid dienone is 2. The number of halogens is 1. The smallest absolute Gasteiger partial charge is 0.191 e. The van der Waals surface area contributed by atoms with Crippen LogP contribution in [0.3, 0.4) is 0 Å². The average Bonchev–Trinajstić information content (AvgIpc) is 3.64. The van der Waals surface area contributed by atoms with Crippen LogP contribution in [0.25, 0.3) is 0 Å². The first-order valence-corrected chi connectivity index (χ1v) is 29.8. The number of aliphatic hydroxyl groups is 1. The molecule has 0 spiro atoms. The van der Waals surface area contributed by atoms with Crippen LogP contribution < -0.4 is 4.74 Å². The maximum absolute atomic E-state index is 10.6. The molecule has 0 aromatic heterocycles. The lowest BCUT2D eigenvalue weighted by Gasteiger charge is -2.36. The molecule has 0 aliphatic carbocycles. The summed E-state index contributed by atoms with van der Waals surface area (Å²) in [6.07, 6.45) is 9.17. The number of methoxy groups -OCH3 is 1. The van der Waals surface area contributed by atoms with E-state index in [1.807, 2.05) is 58.0 Å². The van der Waals surface area contributed by atoms with Gasteiger partial charge in [0.15, 0.2) is 28.2 Å². The van der Waals surface area contributed by atoms with Gasteiger partial charge in [-0.3, -0.25) is 0 Å². The second-order valence-electron chi connectivity index (χ2n) is 22.4. The van der Waals surface area contributed by atoms with Gasteiger partial charge in [0.1, 0.15) is 18.0 Å². The molecule has 2 aliphatic heterocycles. The third-order valence-corrected chi connectivity index (χ3v) is 22.7. The first kappa shape index (κ1) is 59.0. The lowest BCUT2D eigenvalue weighted by atomic mass is 9.93. The van der Waals surface area contributed by atoms with Gasteiger partial charge >= 0.3 is 0 Å². The molecule has 2 heterocycles. The molecule has 11 heteroatoms. The monoisotopic (exact) mass is 927 g/mol. The zero-order chi connectivity index (χ0) is 48.1. The predicted molar refractivity (Wildman–Crippen MR) is 267 cm³/mol. The van der Waals surface area contributed by atoms with Gasteiger partial charge < -0.3 is 37.6 Å². The van der Waals surface area contributed by atoms with Crippen molar-refractivity contribution in [1.29, 1.82) is 0 Å². The molecule has 2 unspecified atom stereocenters. The van der Waals surface area contributed by atoms with Crippen molar-refractivity contribution >= 4 is 28.2 Å². The van der Waals surface area contributed by atoms with Crippen LogP contribution >= 0.6 is 11.6 Å². The van der Waals surface area contributed by atoms with Gasteiger partial charge in [0.25, 0.3) is 0 Å². The third kappa shape index (κ3) is 20.2. The summed E-state index contributed by atoms with van der Waals surface area (Å²) >= 11 is 5.60. The summed E-state index contributed by atoms with van der Waals surface area (Å²) < 4.78 is 42.2. The number of hydrogen-bond acceptors (Lipinski definition) is 8. The minimum atomic E-state index is -1.78. The van der Waals surface area contributed by atoms with Gasteiger partial charge in [0.2, 0.25) is 0 Å². The Hall–Kier alpha value is -1.06. The number of ether oxygens (including phenoxy) is 5. The predicted octanol–water partition coefficient (Wildman–Crippen LogP) is 14.0. The molecule has 8 nitrogen and oxygen atoms in total. The van der Waals surface area contributed by atoms with Gasteiger partial charge in [0, 0.05) is 25.0 Å². The maximum Gasteiger partial charge on any atom is 0.191 e. The largest absolute Gasteiger partial charge is 0.497 e. The fourth-order valence-electron chi connectivity index (χ4n) is 6.26. The van der Waals surface area contributed by atoms with Crippen molar-refractivity contribution in [3.63, 3.8) is 0 Å². The fraction of sp³-hybridized carbons (Fsp3) is 0.804. The molecule has 2 aliphatic rings. The van der Waals surface area contributed by atoms with Gasteiger partial charge in [0.05, 0.1) is 25.4 Å². The van der Waals surface area contributed by atoms with Crippen molar-refractivity contribution in [2.75, 3.05) is 20.3 Å². The molecule has 362 valence electrons. The molecular formula is C51H95ClO8Si2. The van der Waals surface area contributed by atoms with Crippen LogP contribution in [0.5, 0.6) is 5.75 Å². The molecule has 0 saturated carbocycles. The van der Waals surface area contributed by atoms with E-state index in [9.17, 15) is 5.11 Å². The van der Waals surface area contributed by atoms with Gasteiger partial charge in [-0.25, -0.2) is 0 Å². The lowest BCUT2D eigenvalue weighted by Crippen LogP contribution is -2.42. The van der Waals surface area contributed by atoms with Crippen LogP contribution in [0.2, 0.25) is 36.3 Å². The van der Waals surface area contributed by atoms with Crippen LogP contribution in [0.4, 0.5) is 0 Å². The Morgan fingerprint density at radius 3 is 1.50 bits per heavy atom. The number of aliphatic hydroxyl groups excluding tert-OH is 1. The maximum atomic E-state index is 10.6. The van der Waals surface area contributed by atoms with E-state index in [1.54, 1.807) is 7.11 Å². The van der Waals surface area contributed by atoms with Gasteiger partial charge in [-0.1, -0.05) is 126 Å². The Labute approximate surface area is 388 Å².